The van der Waals surface area contributed by atoms with E-state index in [1.165, 1.54) is 13.0 Å². The van der Waals surface area contributed by atoms with Crippen LogP contribution in [0.25, 0.3) is 0 Å². The molecule has 0 bridgehead atoms. The molecule has 2 rings (SSSR count). The largest absolute Gasteiger partial charge is 0.355 e. The number of amides is 1. The number of sulfonamides is 1. The topological polar surface area (TPSA) is 81.8 Å². The SMILES string of the molecule is CCCN1CCN(CCCNC(=O)[C@@H](NS(=O)(=O)c2cccs2)C(C)C)CC1. The number of carbonyl (C=O) groups excluding carboxylic acids is 1. The molecule has 1 fully saturated rings. The van der Waals surface area contributed by atoms with Crippen LogP contribution >= 0.6 is 11.3 Å². The van der Waals surface area contributed by atoms with Gasteiger partial charge in [-0.1, -0.05) is 26.8 Å². The number of thiophene rings is 1. The van der Waals surface area contributed by atoms with Crippen molar-refractivity contribution in [2.75, 3.05) is 45.8 Å². The summed E-state index contributed by atoms with van der Waals surface area (Å²) in [5.41, 5.74) is 0. The van der Waals surface area contributed by atoms with Crippen molar-refractivity contribution in [1.29, 1.82) is 0 Å². The molecule has 1 saturated heterocycles. The highest BCUT2D eigenvalue weighted by atomic mass is 32.2. The quantitative estimate of drug-likeness (QED) is 0.521. The summed E-state index contributed by atoms with van der Waals surface area (Å²) >= 11 is 1.14. The number of piperazine rings is 1. The van der Waals surface area contributed by atoms with Crippen molar-refractivity contribution in [3.63, 3.8) is 0 Å². The van der Waals surface area contributed by atoms with Crippen molar-refractivity contribution < 1.29 is 13.2 Å². The van der Waals surface area contributed by atoms with E-state index in [0.717, 1.165) is 50.5 Å². The van der Waals surface area contributed by atoms with E-state index in [1.807, 2.05) is 13.8 Å². The van der Waals surface area contributed by atoms with E-state index in [9.17, 15) is 13.2 Å². The molecule has 2 heterocycles. The molecule has 0 spiro atoms. The summed E-state index contributed by atoms with van der Waals surface area (Å²) in [6.07, 6.45) is 2.06. The molecular weight excluding hydrogens is 396 g/mol. The number of hydrogen-bond donors (Lipinski definition) is 2. The van der Waals surface area contributed by atoms with Gasteiger partial charge in [-0.25, -0.2) is 8.42 Å². The smallest absolute Gasteiger partial charge is 0.250 e. The minimum Gasteiger partial charge on any atom is -0.355 e. The van der Waals surface area contributed by atoms with Gasteiger partial charge in [0.25, 0.3) is 10.0 Å². The Balaban J connectivity index is 1.74. The average molecular weight is 431 g/mol. The highest BCUT2D eigenvalue weighted by Crippen LogP contribution is 2.17. The summed E-state index contributed by atoms with van der Waals surface area (Å²) in [7, 11) is -3.67. The maximum absolute atomic E-state index is 12.5. The van der Waals surface area contributed by atoms with E-state index in [2.05, 4.69) is 26.8 Å². The molecule has 1 aliphatic heterocycles. The molecule has 0 aliphatic carbocycles. The van der Waals surface area contributed by atoms with E-state index >= 15 is 0 Å². The minimum atomic E-state index is -3.67. The summed E-state index contributed by atoms with van der Waals surface area (Å²) < 4.78 is 27.6. The zero-order valence-corrected chi connectivity index (χ0v) is 18.8. The third kappa shape index (κ3) is 7.11. The normalized spacial score (nSPS) is 17.7. The molecule has 0 saturated carbocycles. The van der Waals surface area contributed by atoms with E-state index in [0.29, 0.717) is 6.54 Å². The number of nitrogens with one attached hydrogen (secondary N) is 2. The van der Waals surface area contributed by atoms with Crippen LogP contribution in [0.5, 0.6) is 0 Å². The van der Waals surface area contributed by atoms with Gasteiger partial charge in [0.15, 0.2) is 0 Å². The van der Waals surface area contributed by atoms with Gasteiger partial charge in [0.05, 0.1) is 0 Å². The van der Waals surface area contributed by atoms with Gasteiger partial charge >= 0.3 is 0 Å². The Kier molecular flexibility index (Phi) is 9.36. The highest BCUT2D eigenvalue weighted by molar-refractivity contribution is 7.91. The first-order valence-corrected chi connectivity index (χ1v) is 12.5. The first-order valence-electron chi connectivity index (χ1n) is 10.1. The first kappa shape index (κ1) is 23.3. The molecule has 1 aromatic rings. The lowest BCUT2D eigenvalue weighted by Gasteiger charge is -2.34. The molecule has 0 aromatic carbocycles. The van der Waals surface area contributed by atoms with Gasteiger partial charge in [-0.2, -0.15) is 4.72 Å². The second-order valence-electron chi connectivity index (χ2n) is 7.60. The fourth-order valence-corrected chi connectivity index (χ4v) is 5.66. The molecule has 0 unspecified atom stereocenters. The van der Waals surface area contributed by atoms with Gasteiger partial charge in [-0.3, -0.25) is 4.79 Å². The van der Waals surface area contributed by atoms with Gasteiger partial charge in [0.2, 0.25) is 5.91 Å². The molecule has 7 nitrogen and oxygen atoms in total. The van der Waals surface area contributed by atoms with Crippen LogP contribution < -0.4 is 10.0 Å². The van der Waals surface area contributed by atoms with Gasteiger partial charge < -0.3 is 15.1 Å². The first-order chi connectivity index (χ1) is 13.3. The van der Waals surface area contributed by atoms with E-state index in [4.69, 9.17) is 0 Å². The molecule has 1 amide bonds. The van der Waals surface area contributed by atoms with Crippen LogP contribution in [0.3, 0.4) is 0 Å². The molecule has 0 radical (unpaired) electrons. The molecule has 28 heavy (non-hydrogen) atoms. The van der Waals surface area contributed by atoms with Gasteiger partial charge in [-0.15, -0.1) is 11.3 Å². The molecule has 1 aromatic heterocycles. The number of hydrogen-bond acceptors (Lipinski definition) is 6. The number of rotatable bonds is 11. The Bertz CT molecular complexity index is 684. The monoisotopic (exact) mass is 430 g/mol. The number of carbonyl (C=O) groups is 1. The van der Waals surface area contributed by atoms with E-state index < -0.39 is 16.1 Å². The summed E-state index contributed by atoms with van der Waals surface area (Å²) in [6, 6.07) is 2.46. The van der Waals surface area contributed by atoms with Crippen molar-refractivity contribution in [3.8, 4) is 0 Å². The van der Waals surface area contributed by atoms with Crippen molar-refractivity contribution in [1.82, 2.24) is 19.8 Å². The predicted molar refractivity (Wildman–Crippen MR) is 114 cm³/mol. The third-order valence-corrected chi connectivity index (χ3v) is 7.78. The van der Waals surface area contributed by atoms with Crippen molar-refractivity contribution >= 4 is 27.3 Å². The lowest BCUT2D eigenvalue weighted by Crippen LogP contribution is -2.50. The van der Waals surface area contributed by atoms with Gasteiger partial charge in [0.1, 0.15) is 10.3 Å². The molecule has 1 atom stereocenters. The third-order valence-electron chi connectivity index (χ3n) is 4.95. The van der Waals surface area contributed by atoms with Gasteiger partial charge in [0, 0.05) is 32.7 Å². The van der Waals surface area contributed by atoms with Crippen molar-refractivity contribution in [3.05, 3.63) is 17.5 Å². The van der Waals surface area contributed by atoms with Crippen molar-refractivity contribution in [2.24, 2.45) is 5.92 Å². The molecule has 9 heteroatoms. The van der Waals surface area contributed by atoms with Crippen molar-refractivity contribution in [2.45, 2.75) is 43.9 Å². The average Bonchev–Trinajstić information content (AvgIpc) is 3.20. The van der Waals surface area contributed by atoms with E-state index in [-0.39, 0.29) is 16.0 Å². The Hall–Kier alpha value is -1.00. The second kappa shape index (κ2) is 11.3. The Morgan fingerprint density at radius 2 is 1.82 bits per heavy atom. The van der Waals surface area contributed by atoms with Gasteiger partial charge in [-0.05, 0) is 43.3 Å². The van der Waals surface area contributed by atoms with Crippen LogP contribution in [0.2, 0.25) is 0 Å². The van der Waals surface area contributed by atoms with Crippen LogP contribution in [0.1, 0.15) is 33.6 Å². The summed E-state index contributed by atoms with van der Waals surface area (Å²) in [6.45, 7) is 12.9. The van der Waals surface area contributed by atoms with Crippen LogP contribution in [0.15, 0.2) is 21.7 Å². The second-order valence-corrected chi connectivity index (χ2v) is 10.5. The predicted octanol–water partition coefficient (Wildman–Crippen LogP) is 1.58. The lowest BCUT2D eigenvalue weighted by atomic mass is 10.1. The Labute approximate surface area is 173 Å². The maximum Gasteiger partial charge on any atom is 0.250 e. The van der Waals surface area contributed by atoms with Crippen LogP contribution in [-0.4, -0.2) is 76.0 Å². The Morgan fingerprint density at radius 3 is 2.36 bits per heavy atom. The highest BCUT2D eigenvalue weighted by Gasteiger charge is 2.28. The van der Waals surface area contributed by atoms with Crippen LogP contribution in [-0.2, 0) is 14.8 Å². The number of nitrogens with zero attached hydrogens (tertiary/aromatic N) is 2. The van der Waals surface area contributed by atoms with Crippen LogP contribution in [0.4, 0.5) is 0 Å². The lowest BCUT2D eigenvalue weighted by molar-refractivity contribution is -0.123. The van der Waals surface area contributed by atoms with E-state index in [1.54, 1.807) is 17.5 Å². The summed E-state index contributed by atoms with van der Waals surface area (Å²) in [5.74, 6) is -0.399. The molecular formula is C19H34N4O3S2. The standard InChI is InChI=1S/C19H34N4O3S2/c1-4-9-22-11-13-23(14-12-22)10-6-8-20-19(24)18(16(2)3)21-28(25,26)17-7-5-15-27-17/h5,7,15-16,18,21H,4,6,8-14H2,1-3H3,(H,20,24)/t18-/m0/s1. The minimum absolute atomic E-state index is 0.138. The fraction of sp³-hybridized carbons (Fsp3) is 0.737. The fourth-order valence-electron chi connectivity index (χ4n) is 3.31. The maximum atomic E-state index is 12.5. The molecule has 1 aliphatic rings. The zero-order valence-electron chi connectivity index (χ0n) is 17.2. The summed E-state index contributed by atoms with van der Waals surface area (Å²) in [4.78, 5) is 17.5. The van der Waals surface area contributed by atoms with Crippen LogP contribution in [0, 0.1) is 5.92 Å². The summed E-state index contributed by atoms with van der Waals surface area (Å²) in [5, 5.41) is 4.61. The Morgan fingerprint density at radius 1 is 1.18 bits per heavy atom. The zero-order chi connectivity index (χ0) is 20.6. The molecule has 2 N–H and O–H groups in total. The molecule has 160 valence electrons.